The summed E-state index contributed by atoms with van der Waals surface area (Å²) < 4.78 is 36.9. The predicted octanol–water partition coefficient (Wildman–Crippen LogP) is 0.871. The molecule has 4 heterocycles. The first-order chi connectivity index (χ1) is 13.7. The van der Waals surface area contributed by atoms with Gasteiger partial charge in [0.2, 0.25) is 0 Å². The average molecular weight is 459 g/mol. The highest BCUT2D eigenvalue weighted by Crippen LogP contribution is 2.42. The van der Waals surface area contributed by atoms with Gasteiger partial charge in [0.15, 0.2) is 0 Å². The van der Waals surface area contributed by atoms with Gasteiger partial charge in [-0.05, 0) is 61.1 Å². The minimum absolute atomic E-state index is 0. The number of ether oxygens (including phenoxy) is 1. The van der Waals surface area contributed by atoms with Crippen molar-refractivity contribution < 1.29 is 38.3 Å². The number of pyridine rings is 1. The van der Waals surface area contributed by atoms with Gasteiger partial charge in [0.1, 0.15) is 5.75 Å². The summed E-state index contributed by atoms with van der Waals surface area (Å²) in [5, 5.41) is 12.1. The first-order valence-corrected chi connectivity index (χ1v) is 10.8. The Bertz CT molecular complexity index is 976. The van der Waals surface area contributed by atoms with Crippen molar-refractivity contribution in [3.8, 4) is 5.75 Å². The lowest BCUT2D eigenvalue weighted by atomic mass is 9.73. The molecule has 0 aliphatic carbocycles. The highest BCUT2D eigenvalue weighted by molar-refractivity contribution is 7.79. The zero-order chi connectivity index (χ0) is 21.2. The lowest BCUT2D eigenvalue weighted by molar-refractivity contribution is -0.0444. The zero-order valence-corrected chi connectivity index (χ0v) is 18.0. The molecule has 5 rings (SSSR count). The van der Waals surface area contributed by atoms with Crippen LogP contribution in [0.4, 0.5) is 0 Å². The quantitative estimate of drug-likeness (QED) is 0.445. The minimum Gasteiger partial charge on any atom is -0.497 e. The van der Waals surface area contributed by atoms with Crippen molar-refractivity contribution in [3.63, 3.8) is 0 Å². The van der Waals surface area contributed by atoms with Crippen LogP contribution in [0.15, 0.2) is 43.1 Å². The highest BCUT2D eigenvalue weighted by Gasteiger charge is 2.42. The Balaban J connectivity index is 0.000000622. The number of aliphatic hydroxyl groups is 1. The number of fused-ring (bicyclic) bond motifs is 4. The maximum atomic E-state index is 11.2. The summed E-state index contributed by atoms with van der Waals surface area (Å²) in [4.78, 5) is 6.86. The van der Waals surface area contributed by atoms with Crippen LogP contribution >= 0.6 is 0 Å². The molecule has 2 bridgehead atoms. The predicted molar refractivity (Wildman–Crippen MR) is 116 cm³/mol. The van der Waals surface area contributed by atoms with E-state index in [0.717, 1.165) is 41.7 Å². The Morgan fingerprint density at radius 2 is 1.97 bits per heavy atom. The van der Waals surface area contributed by atoms with Crippen LogP contribution in [0.2, 0.25) is 0 Å². The number of aromatic nitrogens is 1. The Hall–Kier alpha value is -2.12. The molecule has 5 atom stereocenters. The van der Waals surface area contributed by atoms with E-state index in [2.05, 4.69) is 22.5 Å². The second-order valence-electron chi connectivity index (χ2n) is 7.42. The third kappa shape index (κ3) is 6.43. The van der Waals surface area contributed by atoms with E-state index in [1.165, 1.54) is 6.42 Å². The van der Waals surface area contributed by atoms with Gasteiger partial charge >= 0.3 is 10.4 Å². The zero-order valence-electron chi connectivity index (χ0n) is 17.2. The smallest absolute Gasteiger partial charge is 0.394 e. The van der Waals surface area contributed by atoms with Crippen LogP contribution in [0.25, 0.3) is 10.9 Å². The van der Waals surface area contributed by atoms with E-state index in [1.807, 2.05) is 24.3 Å². The summed E-state index contributed by atoms with van der Waals surface area (Å²) >= 11 is 0. The van der Waals surface area contributed by atoms with E-state index in [1.54, 1.807) is 13.3 Å². The van der Waals surface area contributed by atoms with Gasteiger partial charge in [0.05, 0.1) is 18.7 Å². The van der Waals surface area contributed by atoms with Crippen LogP contribution in [0.3, 0.4) is 0 Å². The summed E-state index contributed by atoms with van der Waals surface area (Å²) in [6, 6.07) is 7.96. The molecule has 0 saturated carbocycles. The topological polar surface area (TPSA) is 183 Å². The number of aliphatic hydroxyl groups excluding tert-OH is 1. The average Bonchev–Trinajstić information content (AvgIpc) is 2.71. The fourth-order valence-electron chi connectivity index (χ4n) is 4.44. The van der Waals surface area contributed by atoms with Gasteiger partial charge in [0, 0.05) is 24.2 Å². The normalized spacial score (nSPS) is 25.3. The van der Waals surface area contributed by atoms with E-state index in [4.69, 9.17) is 22.3 Å². The SMILES string of the molecule is C=C[C@H]1CN2CC[C@H]1C[C@@H]2[C@@H](O)c1ccnc2ccc(OC)cc12.O.O.O=S(=O)(O)O. The fourth-order valence-corrected chi connectivity index (χ4v) is 4.44. The molecular weight excluding hydrogens is 428 g/mol. The van der Waals surface area contributed by atoms with Crippen molar-refractivity contribution in [2.75, 3.05) is 20.2 Å². The molecule has 0 amide bonds. The summed E-state index contributed by atoms with van der Waals surface area (Å²) in [5.74, 6) is 2.01. The van der Waals surface area contributed by atoms with Crippen molar-refractivity contribution in [2.24, 2.45) is 11.8 Å². The third-order valence-corrected chi connectivity index (χ3v) is 5.82. The van der Waals surface area contributed by atoms with Crippen LogP contribution in [0.1, 0.15) is 24.5 Å². The monoisotopic (exact) mass is 458 g/mol. The Morgan fingerprint density at radius 3 is 2.52 bits per heavy atom. The van der Waals surface area contributed by atoms with Gasteiger partial charge in [-0.2, -0.15) is 8.42 Å². The van der Waals surface area contributed by atoms with Crippen molar-refractivity contribution in [1.29, 1.82) is 0 Å². The number of hydrogen-bond acceptors (Lipinski definition) is 6. The van der Waals surface area contributed by atoms with Gasteiger partial charge in [-0.25, -0.2) is 0 Å². The minimum atomic E-state index is -4.67. The fraction of sp³-hybridized carbons (Fsp3) is 0.450. The van der Waals surface area contributed by atoms with E-state index in [9.17, 15) is 5.11 Å². The van der Waals surface area contributed by atoms with Crippen LogP contribution in [0, 0.1) is 11.8 Å². The summed E-state index contributed by atoms with van der Waals surface area (Å²) in [5.41, 5.74) is 1.85. The lowest BCUT2D eigenvalue weighted by Gasteiger charge is -2.50. The molecule has 1 unspecified atom stereocenters. The van der Waals surface area contributed by atoms with Gasteiger partial charge in [-0.3, -0.25) is 19.0 Å². The molecular formula is C20H30N2O8S. The largest absolute Gasteiger partial charge is 0.497 e. The second-order valence-corrected chi connectivity index (χ2v) is 8.32. The standard InChI is InChI=1S/C20H24N2O2.H2O4S.2H2O/c1-3-13-12-22-9-7-14(13)10-19(22)20(23)16-6-8-21-18-5-4-15(24-2)11-17(16)18;1-5(2,3)4;;/h3-6,8,11,13-14,19-20,23H,1,7,9-10,12H2,2H3;(H2,1,2,3,4);2*1H2/t13-,14-,19+,20-;;;/m0.../s1. The van der Waals surface area contributed by atoms with Crippen LogP contribution in [-0.4, -0.2) is 69.7 Å². The van der Waals surface area contributed by atoms with Crippen molar-refractivity contribution >= 4 is 21.3 Å². The number of nitrogens with zero attached hydrogens (tertiary/aromatic N) is 2. The van der Waals surface area contributed by atoms with E-state index < -0.39 is 16.5 Å². The molecule has 11 heteroatoms. The molecule has 3 aliphatic rings. The van der Waals surface area contributed by atoms with E-state index in [-0.39, 0.29) is 17.0 Å². The molecule has 2 aromatic rings. The summed E-state index contributed by atoms with van der Waals surface area (Å²) in [7, 11) is -3.01. The number of benzene rings is 1. The number of methoxy groups -OCH3 is 1. The van der Waals surface area contributed by atoms with Gasteiger partial charge in [-0.1, -0.05) is 6.08 Å². The van der Waals surface area contributed by atoms with Crippen LogP contribution < -0.4 is 4.74 Å². The molecule has 1 aromatic carbocycles. The summed E-state index contributed by atoms with van der Waals surface area (Å²) in [6.45, 7) is 6.07. The first kappa shape index (κ1) is 26.9. The van der Waals surface area contributed by atoms with Crippen molar-refractivity contribution in [3.05, 3.63) is 48.7 Å². The first-order valence-electron chi connectivity index (χ1n) is 9.38. The third-order valence-electron chi connectivity index (χ3n) is 5.82. The number of rotatable bonds is 4. The second kappa shape index (κ2) is 11.0. The number of hydrogen-bond donors (Lipinski definition) is 3. The Kier molecular flexibility index (Phi) is 9.51. The highest BCUT2D eigenvalue weighted by atomic mass is 32.3. The molecule has 3 saturated heterocycles. The lowest BCUT2D eigenvalue weighted by Crippen LogP contribution is -2.54. The van der Waals surface area contributed by atoms with Gasteiger partial charge in [-0.15, -0.1) is 6.58 Å². The van der Waals surface area contributed by atoms with Crippen molar-refractivity contribution in [1.82, 2.24) is 9.88 Å². The van der Waals surface area contributed by atoms with Gasteiger partial charge in [0.25, 0.3) is 0 Å². The Morgan fingerprint density at radius 1 is 1.29 bits per heavy atom. The van der Waals surface area contributed by atoms with E-state index in [0.29, 0.717) is 11.8 Å². The molecule has 3 fully saturated rings. The molecule has 10 nitrogen and oxygen atoms in total. The molecule has 7 N–H and O–H groups in total. The number of piperidine rings is 3. The van der Waals surface area contributed by atoms with Gasteiger partial charge < -0.3 is 20.8 Å². The van der Waals surface area contributed by atoms with E-state index >= 15 is 0 Å². The van der Waals surface area contributed by atoms with Crippen LogP contribution in [0.5, 0.6) is 5.75 Å². The maximum absolute atomic E-state index is 11.2. The molecule has 0 spiro atoms. The molecule has 1 aromatic heterocycles. The Labute approximate surface area is 181 Å². The summed E-state index contributed by atoms with van der Waals surface area (Å²) in [6.07, 6.45) is 5.62. The molecule has 174 valence electrons. The van der Waals surface area contributed by atoms with Crippen molar-refractivity contribution in [2.45, 2.75) is 25.0 Å². The maximum Gasteiger partial charge on any atom is 0.394 e. The molecule has 0 radical (unpaired) electrons. The molecule has 3 aliphatic heterocycles. The van der Waals surface area contributed by atoms with Crippen LogP contribution in [-0.2, 0) is 10.4 Å². The molecule has 31 heavy (non-hydrogen) atoms.